The van der Waals surface area contributed by atoms with Gasteiger partial charge in [-0.15, -0.1) is 10.2 Å². The lowest BCUT2D eigenvalue weighted by atomic mass is 9.94. The molecule has 1 saturated heterocycles. The van der Waals surface area contributed by atoms with Gasteiger partial charge in [0, 0.05) is 17.5 Å². The molecule has 0 spiro atoms. The summed E-state index contributed by atoms with van der Waals surface area (Å²) in [5, 5.41) is 19.8. The van der Waals surface area contributed by atoms with Crippen LogP contribution in [0.5, 0.6) is 5.75 Å². The van der Waals surface area contributed by atoms with Crippen LogP contribution in [0.4, 0.5) is 9.52 Å². The number of benzene rings is 2. The first-order valence-electron chi connectivity index (χ1n) is 10.0. The standard InChI is InChI=1S/C23H18FN3O4S/c1-11-9-14-10-13(7-8-17(14)31-11)20(28)18-19(15-5-3-4-6-16(15)24)27(22(30)21(18)29)23-26-25-12(2)32-23/h3-8,10-11,19,28H,9H2,1-2H3/t11-,19+/m1/s1. The van der Waals surface area contributed by atoms with Crippen molar-refractivity contribution in [3.8, 4) is 5.75 Å². The smallest absolute Gasteiger partial charge is 0.301 e. The van der Waals surface area contributed by atoms with E-state index < -0.39 is 23.5 Å². The normalized spacial score (nSPS) is 21.7. The van der Waals surface area contributed by atoms with Gasteiger partial charge in [0.1, 0.15) is 34.5 Å². The monoisotopic (exact) mass is 451 g/mol. The van der Waals surface area contributed by atoms with Crippen LogP contribution in [0.15, 0.2) is 48.0 Å². The number of carbonyl (C=O) groups excluding carboxylic acids is 2. The molecule has 0 saturated carbocycles. The zero-order chi connectivity index (χ0) is 22.6. The SMILES string of the molecule is Cc1nnc(N2C(=O)C(=O)C(=C(O)c3ccc4c(c3)C[C@@H](C)O4)[C@@H]2c2ccccc2F)s1. The number of amides is 1. The molecular formula is C23H18FN3O4S. The van der Waals surface area contributed by atoms with Crippen molar-refractivity contribution in [2.24, 2.45) is 0 Å². The Bertz CT molecular complexity index is 1300. The zero-order valence-corrected chi connectivity index (χ0v) is 18.0. The summed E-state index contributed by atoms with van der Waals surface area (Å²) in [6, 6.07) is 9.75. The highest BCUT2D eigenvalue weighted by Gasteiger charge is 2.49. The van der Waals surface area contributed by atoms with Gasteiger partial charge < -0.3 is 9.84 Å². The second kappa shape index (κ2) is 7.52. The van der Waals surface area contributed by atoms with Crippen molar-refractivity contribution >= 4 is 33.9 Å². The van der Waals surface area contributed by atoms with Crippen LogP contribution < -0.4 is 9.64 Å². The Labute approximate surface area is 186 Å². The first-order valence-corrected chi connectivity index (χ1v) is 10.8. The van der Waals surface area contributed by atoms with Gasteiger partial charge in [-0.3, -0.25) is 14.5 Å². The fraction of sp³-hybridized carbons (Fsp3) is 0.217. The quantitative estimate of drug-likeness (QED) is 0.368. The molecule has 1 amide bonds. The van der Waals surface area contributed by atoms with E-state index in [1.807, 2.05) is 6.92 Å². The average Bonchev–Trinajstić information content (AvgIpc) is 3.43. The van der Waals surface area contributed by atoms with Crippen LogP contribution in [0.3, 0.4) is 0 Å². The van der Waals surface area contributed by atoms with Gasteiger partial charge in [0.25, 0.3) is 5.78 Å². The van der Waals surface area contributed by atoms with Gasteiger partial charge in [-0.25, -0.2) is 4.39 Å². The topological polar surface area (TPSA) is 92.6 Å². The van der Waals surface area contributed by atoms with E-state index in [0.717, 1.165) is 21.8 Å². The largest absolute Gasteiger partial charge is 0.507 e. The lowest BCUT2D eigenvalue weighted by molar-refractivity contribution is -0.132. The summed E-state index contributed by atoms with van der Waals surface area (Å²) in [7, 11) is 0. The molecule has 0 unspecified atom stereocenters. The van der Waals surface area contributed by atoms with Crippen molar-refractivity contribution in [2.75, 3.05) is 4.90 Å². The third-order valence-electron chi connectivity index (χ3n) is 5.54. The molecule has 3 aromatic rings. The number of aliphatic hydroxyl groups excluding tert-OH is 1. The first kappa shape index (κ1) is 20.3. The maximum absolute atomic E-state index is 14.8. The highest BCUT2D eigenvalue weighted by molar-refractivity contribution is 7.15. The van der Waals surface area contributed by atoms with Crippen molar-refractivity contribution in [1.82, 2.24) is 10.2 Å². The van der Waals surface area contributed by atoms with Crippen LogP contribution in [0, 0.1) is 12.7 Å². The third kappa shape index (κ3) is 3.16. The van der Waals surface area contributed by atoms with Crippen LogP contribution in [0.25, 0.3) is 5.76 Å². The number of ether oxygens (including phenoxy) is 1. The number of fused-ring (bicyclic) bond motifs is 1. The minimum absolute atomic E-state index is 0.00651. The fourth-order valence-electron chi connectivity index (χ4n) is 4.13. The Balaban J connectivity index is 1.71. The van der Waals surface area contributed by atoms with Gasteiger partial charge in [0.05, 0.1) is 5.57 Å². The second-order valence-corrected chi connectivity index (χ2v) is 8.91. The van der Waals surface area contributed by atoms with E-state index in [1.165, 1.54) is 18.2 Å². The van der Waals surface area contributed by atoms with Crippen LogP contribution in [0.2, 0.25) is 0 Å². The number of nitrogens with zero attached hydrogens (tertiary/aromatic N) is 3. The van der Waals surface area contributed by atoms with Gasteiger partial charge in [-0.1, -0.05) is 29.5 Å². The number of hydrogen-bond donors (Lipinski definition) is 1. The number of ketones is 1. The van der Waals surface area contributed by atoms with Crippen molar-refractivity contribution in [3.63, 3.8) is 0 Å². The minimum atomic E-state index is -1.17. The summed E-state index contributed by atoms with van der Waals surface area (Å²) in [4.78, 5) is 27.2. The molecular weight excluding hydrogens is 433 g/mol. The number of hydrogen-bond acceptors (Lipinski definition) is 7. The van der Waals surface area contributed by atoms with Crippen LogP contribution in [0.1, 0.15) is 34.7 Å². The van der Waals surface area contributed by atoms with Gasteiger partial charge in [0.2, 0.25) is 5.13 Å². The molecule has 2 aliphatic heterocycles. The summed E-state index contributed by atoms with van der Waals surface area (Å²) in [5.74, 6) is -2.07. The van der Waals surface area contributed by atoms with Crippen molar-refractivity contribution < 1.29 is 23.8 Å². The number of anilines is 1. The molecule has 3 heterocycles. The van der Waals surface area contributed by atoms with Gasteiger partial charge in [-0.2, -0.15) is 0 Å². The highest BCUT2D eigenvalue weighted by Crippen LogP contribution is 2.44. The number of aryl methyl sites for hydroxylation is 1. The zero-order valence-electron chi connectivity index (χ0n) is 17.2. The van der Waals surface area contributed by atoms with E-state index in [0.29, 0.717) is 22.7 Å². The van der Waals surface area contributed by atoms with Crippen molar-refractivity contribution in [1.29, 1.82) is 0 Å². The van der Waals surface area contributed by atoms with E-state index in [2.05, 4.69) is 10.2 Å². The molecule has 0 bridgehead atoms. The maximum Gasteiger partial charge on any atom is 0.301 e. The molecule has 2 aliphatic rings. The Morgan fingerprint density at radius 3 is 2.72 bits per heavy atom. The van der Waals surface area contributed by atoms with Gasteiger partial charge >= 0.3 is 5.91 Å². The highest BCUT2D eigenvalue weighted by atomic mass is 32.1. The van der Waals surface area contributed by atoms with Gasteiger partial charge in [-0.05, 0) is 43.7 Å². The van der Waals surface area contributed by atoms with E-state index in [-0.39, 0.29) is 28.1 Å². The second-order valence-electron chi connectivity index (χ2n) is 7.75. The van der Waals surface area contributed by atoms with Gasteiger partial charge in [0.15, 0.2) is 0 Å². The van der Waals surface area contributed by atoms with E-state index in [9.17, 15) is 19.1 Å². The molecule has 7 nitrogen and oxygen atoms in total. The molecule has 162 valence electrons. The summed E-state index contributed by atoms with van der Waals surface area (Å²) >= 11 is 1.11. The fourth-order valence-corrected chi connectivity index (χ4v) is 4.84. The summed E-state index contributed by atoms with van der Waals surface area (Å²) in [6.45, 7) is 3.65. The molecule has 1 aromatic heterocycles. The first-order chi connectivity index (χ1) is 15.3. The number of rotatable bonds is 3. The number of aromatic nitrogens is 2. The van der Waals surface area contributed by atoms with E-state index in [4.69, 9.17) is 4.74 Å². The molecule has 0 radical (unpaired) electrons. The Hall–Kier alpha value is -3.59. The molecule has 32 heavy (non-hydrogen) atoms. The Kier molecular flexibility index (Phi) is 4.78. The van der Waals surface area contributed by atoms with Crippen molar-refractivity contribution in [2.45, 2.75) is 32.4 Å². The molecule has 5 rings (SSSR count). The maximum atomic E-state index is 14.8. The van der Waals surface area contributed by atoms with Crippen LogP contribution >= 0.6 is 11.3 Å². The van der Waals surface area contributed by atoms with Crippen molar-refractivity contribution in [3.05, 3.63) is 75.6 Å². The Morgan fingerprint density at radius 1 is 1.22 bits per heavy atom. The lowest BCUT2D eigenvalue weighted by Gasteiger charge is -2.22. The molecule has 1 fully saturated rings. The van der Waals surface area contributed by atoms with Crippen LogP contribution in [-0.4, -0.2) is 33.1 Å². The third-order valence-corrected chi connectivity index (χ3v) is 6.37. The molecule has 2 aromatic carbocycles. The predicted molar refractivity (Wildman–Crippen MR) is 116 cm³/mol. The number of carbonyl (C=O) groups is 2. The molecule has 9 heteroatoms. The molecule has 0 aliphatic carbocycles. The summed E-state index contributed by atoms with van der Waals surface area (Å²) in [6.07, 6.45) is 0.665. The molecule has 2 atom stereocenters. The Morgan fingerprint density at radius 2 is 2.00 bits per heavy atom. The summed E-state index contributed by atoms with van der Waals surface area (Å²) < 4.78 is 20.5. The molecule has 1 N–H and O–H groups in total. The van der Waals surface area contributed by atoms with E-state index >= 15 is 0 Å². The average molecular weight is 451 g/mol. The number of aliphatic hydroxyl groups is 1. The lowest BCUT2D eigenvalue weighted by Crippen LogP contribution is -2.29. The minimum Gasteiger partial charge on any atom is -0.507 e. The summed E-state index contributed by atoms with van der Waals surface area (Å²) in [5.41, 5.74) is 1.13. The number of halogens is 1. The number of Topliss-reactive ketones (excluding diaryl/α,β-unsaturated/α-hetero) is 1. The van der Waals surface area contributed by atoms with E-state index in [1.54, 1.807) is 31.2 Å². The van der Waals surface area contributed by atoms with Crippen LogP contribution in [-0.2, 0) is 16.0 Å². The predicted octanol–water partition coefficient (Wildman–Crippen LogP) is 3.94.